The second-order valence-electron chi connectivity index (χ2n) is 2.86. The molecular weight excluding hydrogens is 136 g/mol. The fourth-order valence-electron chi connectivity index (χ4n) is 1.20. The zero-order valence-electron chi connectivity index (χ0n) is 7.09. The van der Waals surface area contributed by atoms with E-state index in [4.69, 9.17) is 5.84 Å². The van der Waals surface area contributed by atoms with Gasteiger partial charge in [0.1, 0.15) is 0 Å². The standard InChI is InChI=1S/C9H16N2/c1-2-3-4-6-9-7-5-8-11(9)10/h5,7-8H,2-4,6,10H2,1H3. The highest BCUT2D eigenvalue weighted by Crippen LogP contribution is 2.04. The molecule has 0 unspecified atom stereocenters. The molecule has 0 amide bonds. The van der Waals surface area contributed by atoms with Crippen molar-refractivity contribution in [2.45, 2.75) is 32.6 Å². The second kappa shape index (κ2) is 4.06. The molecule has 0 atom stereocenters. The maximum Gasteiger partial charge on any atom is 0.0391 e. The first-order chi connectivity index (χ1) is 5.34. The Hall–Kier alpha value is -0.920. The van der Waals surface area contributed by atoms with Crippen LogP contribution in [0, 0.1) is 0 Å². The first kappa shape index (κ1) is 8.18. The summed E-state index contributed by atoms with van der Waals surface area (Å²) in [7, 11) is 0. The molecule has 0 aliphatic heterocycles. The molecule has 2 nitrogen and oxygen atoms in total. The average molecular weight is 152 g/mol. The second-order valence-corrected chi connectivity index (χ2v) is 2.86. The summed E-state index contributed by atoms with van der Waals surface area (Å²) in [6.07, 6.45) is 6.81. The quantitative estimate of drug-likeness (QED) is 0.518. The minimum atomic E-state index is 1.11. The number of nitrogens with two attached hydrogens (primary N) is 1. The van der Waals surface area contributed by atoms with Crippen LogP contribution in [-0.2, 0) is 6.42 Å². The number of nitrogens with zero attached hydrogens (tertiary/aromatic N) is 1. The number of nitrogen functional groups attached to an aromatic ring is 1. The van der Waals surface area contributed by atoms with Crippen LogP contribution in [0.4, 0.5) is 0 Å². The van der Waals surface area contributed by atoms with Crippen LogP contribution in [-0.4, -0.2) is 4.68 Å². The van der Waals surface area contributed by atoms with Gasteiger partial charge in [0.05, 0.1) is 0 Å². The fraction of sp³-hybridized carbons (Fsp3) is 0.556. The smallest absolute Gasteiger partial charge is 0.0391 e. The topological polar surface area (TPSA) is 30.9 Å². The summed E-state index contributed by atoms with van der Waals surface area (Å²) in [5, 5.41) is 0. The normalized spacial score (nSPS) is 10.3. The van der Waals surface area contributed by atoms with Gasteiger partial charge in [-0.25, -0.2) is 0 Å². The predicted molar refractivity (Wildman–Crippen MR) is 47.8 cm³/mol. The van der Waals surface area contributed by atoms with Crippen molar-refractivity contribution in [3.8, 4) is 0 Å². The number of aryl methyl sites for hydroxylation is 1. The molecule has 0 bridgehead atoms. The van der Waals surface area contributed by atoms with E-state index in [2.05, 4.69) is 13.0 Å². The third kappa shape index (κ3) is 2.30. The van der Waals surface area contributed by atoms with Gasteiger partial charge in [0, 0.05) is 11.9 Å². The molecule has 0 aliphatic rings. The summed E-state index contributed by atoms with van der Waals surface area (Å²) in [4.78, 5) is 0. The van der Waals surface area contributed by atoms with Gasteiger partial charge in [-0.05, 0) is 25.0 Å². The van der Waals surface area contributed by atoms with Gasteiger partial charge in [-0.2, -0.15) is 0 Å². The van der Waals surface area contributed by atoms with E-state index in [1.165, 1.54) is 25.0 Å². The number of rotatable bonds is 4. The molecule has 0 saturated carbocycles. The van der Waals surface area contributed by atoms with Gasteiger partial charge >= 0.3 is 0 Å². The Morgan fingerprint density at radius 2 is 2.27 bits per heavy atom. The van der Waals surface area contributed by atoms with Crippen molar-refractivity contribution in [3.05, 3.63) is 24.0 Å². The Morgan fingerprint density at radius 3 is 2.82 bits per heavy atom. The largest absolute Gasteiger partial charge is 0.339 e. The zero-order chi connectivity index (χ0) is 8.10. The third-order valence-electron chi connectivity index (χ3n) is 1.90. The first-order valence-corrected chi connectivity index (χ1v) is 4.26. The zero-order valence-corrected chi connectivity index (χ0v) is 7.09. The highest BCUT2D eigenvalue weighted by molar-refractivity contribution is 5.06. The summed E-state index contributed by atoms with van der Waals surface area (Å²) in [5.41, 5.74) is 1.23. The van der Waals surface area contributed by atoms with Crippen LogP contribution in [0.5, 0.6) is 0 Å². The molecule has 1 heterocycles. The van der Waals surface area contributed by atoms with Gasteiger partial charge in [0.15, 0.2) is 0 Å². The van der Waals surface area contributed by atoms with Gasteiger partial charge < -0.3 is 5.84 Å². The summed E-state index contributed by atoms with van der Waals surface area (Å²) in [6, 6.07) is 4.07. The molecular formula is C9H16N2. The number of aromatic nitrogens is 1. The molecule has 1 aromatic rings. The van der Waals surface area contributed by atoms with E-state index in [-0.39, 0.29) is 0 Å². The Balaban J connectivity index is 2.32. The molecule has 2 heteroatoms. The van der Waals surface area contributed by atoms with Crippen LogP contribution >= 0.6 is 0 Å². The molecule has 1 aromatic heterocycles. The first-order valence-electron chi connectivity index (χ1n) is 4.26. The SMILES string of the molecule is CCCCCc1cccn1N. The van der Waals surface area contributed by atoms with Crippen molar-refractivity contribution in [2.75, 3.05) is 5.84 Å². The minimum absolute atomic E-state index is 1.11. The van der Waals surface area contributed by atoms with E-state index in [1.54, 1.807) is 4.68 Å². The van der Waals surface area contributed by atoms with Crippen molar-refractivity contribution < 1.29 is 0 Å². The summed E-state index contributed by atoms with van der Waals surface area (Å²) in [5.74, 6) is 5.64. The highest BCUT2D eigenvalue weighted by Gasteiger charge is 1.95. The Kier molecular flexibility index (Phi) is 3.02. The summed E-state index contributed by atoms with van der Waals surface area (Å²) < 4.78 is 1.70. The van der Waals surface area contributed by atoms with Crippen LogP contribution in [0.15, 0.2) is 18.3 Å². The minimum Gasteiger partial charge on any atom is -0.339 e. The average Bonchev–Trinajstić information content (AvgIpc) is 2.37. The highest BCUT2D eigenvalue weighted by atomic mass is 15.3. The predicted octanol–water partition coefficient (Wildman–Crippen LogP) is 1.93. The molecule has 0 radical (unpaired) electrons. The van der Waals surface area contributed by atoms with Gasteiger partial charge in [-0.1, -0.05) is 19.8 Å². The lowest BCUT2D eigenvalue weighted by Crippen LogP contribution is -2.10. The fourth-order valence-corrected chi connectivity index (χ4v) is 1.20. The molecule has 0 saturated heterocycles. The van der Waals surface area contributed by atoms with Crippen LogP contribution in [0.1, 0.15) is 31.9 Å². The van der Waals surface area contributed by atoms with Crippen molar-refractivity contribution in [3.63, 3.8) is 0 Å². The lowest BCUT2D eigenvalue weighted by molar-refractivity contribution is 0.694. The van der Waals surface area contributed by atoms with Crippen LogP contribution in [0.25, 0.3) is 0 Å². The number of hydrogen-bond acceptors (Lipinski definition) is 1. The van der Waals surface area contributed by atoms with Gasteiger partial charge in [0.25, 0.3) is 0 Å². The maximum absolute atomic E-state index is 5.64. The van der Waals surface area contributed by atoms with E-state index in [0.29, 0.717) is 0 Å². The molecule has 0 aromatic carbocycles. The van der Waals surface area contributed by atoms with Gasteiger partial charge in [-0.3, -0.25) is 4.68 Å². The van der Waals surface area contributed by atoms with Crippen molar-refractivity contribution >= 4 is 0 Å². The molecule has 62 valence electrons. The third-order valence-corrected chi connectivity index (χ3v) is 1.90. The van der Waals surface area contributed by atoms with Crippen molar-refractivity contribution in [1.29, 1.82) is 0 Å². The Morgan fingerprint density at radius 1 is 1.45 bits per heavy atom. The van der Waals surface area contributed by atoms with Gasteiger partial charge in [0.2, 0.25) is 0 Å². The van der Waals surface area contributed by atoms with E-state index < -0.39 is 0 Å². The van der Waals surface area contributed by atoms with Gasteiger partial charge in [-0.15, -0.1) is 0 Å². The molecule has 11 heavy (non-hydrogen) atoms. The molecule has 1 rings (SSSR count). The molecule has 0 fully saturated rings. The van der Waals surface area contributed by atoms with Crippen LogP contribution in [0.3, 0.4) is 0 Å². The van der Waals surface area contributed by atoms with E-state index >= 15 is 0 Å². The van der Waals surface area contributed by atoms with Crippen molar-refractivity contribution in [1.82, 2.24) is 4.68 Å². The molecule has 0 aliphatic carbocycles. The Labute approximate surface area is 68.0 Å². The number of hydrogen-bond donors (Lipinski definition) is 1. The Bertz CT molecular complexity index is 203. The van der Waals surface area contributed by atoms with E-state index in [1.807, 2.05) is 12.3 Å². The van der Waals surface area contributed by atoms with Crippen LogP contribution in [0.2, 0.25) is 0 Å². The number of unbranched alkanes of at least 4 members (excludes halogenated alkanes) is 2. The summed E-state index contributed by atoms with van der Waals surface area (Å²) >= 11 is 0. The summed E-state index contributed by atoms with van der Waals surface area (Å²) in [6.45, 7) is 2.21. The lowest BCUT2D eigenvalue weighted by Gasteiger charge is -2.01. The monoisotopic (exact) mass is 152 g/mol. The van der Waals surface area contributed by atoms with Crippen molar-refractivity contribution in [2.24, 2.45) is 0 Å². The molecule has 2 N–H and O–H groups in total. The van der Waals surface area contributed by atoms with E-state index in [0.717, 1.165) is 6.42 Å². The van der Waals surface area contributed by atoms with Crippen LogP contribution < -0.4 is 5.84 Å². The maximum atomic E-state index is 5.64. The van der Waals surface area contributed by atoms with E-state index in [9.17, 15) is 0 Å². The molecule has 0 spiro atoms. The lowest BCUT2D eigenvalue weighted by atomic mass is 10.2.